The molecule has 0 bridgehead atoms. The fourth-order valence-electron chi connectivity index (χ4n) is 1.11. The van der Waals surface area contributed by atoms with Crippen LogP contribution in [0.5, 0.6) is 0 Å². The maximum Gasteiger partial charge on any atom is 0.222 e. The number of fused-ring (bicyclic) bond motifs is 1. The van der Waals surface area contributed by atoms with E-state index in [2.05, 4.69) is 9.97 Å². The van der Waals surface area contributed by atoms with E-state index in [9.17, 15) is 0 Å². The van der Waals surface area contributed by atoms with E-state index in [1.165, 1.54) is 0 Å². The van der Waals surface area contributed by atoms with E-state index < -0.39 is 0 Å². The van der Waals surface area contributed by atoms with Gasteiger partial charge in [0.1, 0.15) is 0 Å². The molecule has 0 amide bonds. The second-order valence-corrected chi connectivity index (χ2v) is 2.75. The highest BCUT2D eigenvalue weighted by Crippen LogP contribution is 2.14. The molecule has 11 heavy (non-hydrogen) atoms. The summed E-state index contributed by atoms with van der Waals surface area (Å²) in [6.07, 6.45) is 2.57. The van der Waals surface area contributed by atoms with Crippen molar-refractivity contribution in [2.45, 2.75) is 13.0 Å². The molecule has 0 unspecified atom stereocenters. The smallest absolute Gasteiger partial charge is 0.222 e. The standard InChI is InChI=1S/C7H7ClN2O/c8-7-9-3-5-4-11-2-1-6(5)10-7/h3H,1-2,4H2. The second-order valence-electron chi connectivity index (χ2n) is 2.41. The highest BCUT2D eigenvalue weighted by molar-refractivity contribution is 6.28. The Labute approximate surface area is 69.4 Å². The van der Waals surface area contributed by atoms with Crippen molar-refractivity contribution in [1.82, 2.24) is 9.97 Å². The van der Waals surface area contributed by atoms with E-state index in [1.807, 2.05) is 0 Å². The van der Waals surface area contributed by atoms with Gasteiger partial charge >= 0.3 is 0 Å². The van der Waals surface area contributed by atoms with E-state index in [4.69, 9.17) is 16.3 Å². The zero-order valence-corrected chi connectivity index (χ0v) is 6.64. The molecule has 0 N–H and O–H groups in total. The number of ether oxygens (including phenoxy) is 1. The Morgan fingerprint density at radius 2 is 2.45 bits per heavy atom. The summed E-state index contributed by atoms with van der Waals surface area (Å²) in [6.45, 7) is 1.35. The minimum Gasteiger partial charge on any atom is -0.376 e. The van der Waals surface area contributed by atoms with Crippen LogP contribution in [0.4, 0.5) is 0 Å². The molecular weight excluding hydrogens is 164 g/mol. The van der Waals surface area contributed by atoms with Gasteiger partial charge in [0.25, 0.3) is 0 Å². The molecule has 0 saturated heterocycles. The van der Waals surface area contributed by atoms with E-state index in [1.54, 1.807) is 6.20 Å². The van der Waals surface area contributed by atoms with Crippen LogP contribution in [0, 0.1) is 0 Å². The van der Waals surface area contributed by atoms with Gasteiger partial charge < -0.3 is 4.74 Å². The lowest BCUT2D eigenvalue weighted by atomic mass is 10.1. The van der Waals surface area contributed by atoms with Crippen molar-refractivity contribution in [2.24, 2.45) is 0 Å². The molecule has 1 aliphatic rings. The average Bonchev–Trinajstić information content (AvgIpc) is 2.04. The van der Waals surface area contributed by atoms with Crippen molar-refractivity contribution in [3.63, 3.8) is 0 Å². The molecule has 0 radical (unpaired) electrons. The zero-order chi connectivity index (χ0) is 7.68. The molecule has 0 saturated carbocycles. The van der Waals surface area contributed by atoms with Crippen LogP contribution in [0.3, 0.4) is 0 Å². The first kappa shape index (κ1) is 7.00. The fraction of sp³-hybridized carbons (Fsp3) is 0.429. The normalized spacial score (nSPS) is 16.1. The van der Waals surface area contributed by atoms with Crippen molar-refractivity contribution in [3.8, 4) is 0 Å². The second kappa shape index (κ2) is 2.75. The van der Waals surface area contributed by atoms with Gasteiger partial charge in [-0.2, -0.15) is 0 Å². The Bertz CT molecular complexity index is 277. The minimum atomic E-state index is 0.325. The summed E-state index contributed by atoms with van der Waals surface area (Å²) in [5.74, 6) is 0. The predicted octanol–water partition coefficient (Wildman–Crippen LogP) is 1.20. The monoisotopic (exact) mass is 170 g/mol. The third-order valence-corrected chi connectivity index (χ3v) is 1.85. The molecule has 1 aliphatic heterocycles. The highest BCUT2D eigenvalue weighted by atomic mass is 35.5. The van der Waals surface area contributed by atoms with Crippen LogP contribution in [0.15, 0.2) is 6.20 Å². The molecular formula is C7H7ClN2O. The molecule has 58 valence electrons. The van der Waals surface area contributed by atoms with Gasteiger partial charge in [-0.05, 0) is 11.6 Å². The first-order valence-electron chi connectivity index (χ1n) is 3.44. The summed E-state index contributed by atoms with van der Waals surface area (Å²) in [4.78, 5) is 7.95. The number of aromatic nitrogens is 2. The average molecular weight is 171 g/mol. The maximum absolute atomic E-state index is 5.61. The number of rotatable bonds is 0. The Hall–Kier alpha value is -0.670. The molecule has 2 heterocycles. The minimum absolute atomic E-state index is 0.325. The van der Waals surface area contributed by atoms with Crippen LogP contribution >= 0.6 is 11.6 Å². The van der Waals surface area contributed by atoms with Gasteiger partial charge in [-0.25, -0.2) is 9.97 Å². The van der Waals surface area contributed by atoms with Crippen LogP contribution in [0.2, 0.25) is 5.28 Å². The summed E-state index contributed by atoms with van der Waals surface area (Å²) in [5, 5.41) is 0.325. The summed E-state index contributed by atoms with van der Waals surface area (Å²) in [6, 6.07) is 0. The van der Waals surface area contributed by atoms with Crippen LogP contribution in [0.25, 0.3) is 0 Å². The topological polar surface area (TPSA) is 35.0 Å². The Kier molecular flexibility index (Phi) is 1.75. The van der Waals surface area contributed by atoms with Gasteiger partial charge in [-0.15, -0.1) is 0 Å². The molecule has 0 aliphatic carbocycles. The zero-order valence-electron chi connectivity index (χ0n) is 5.88. The van der Waals surface area contributed by atoms with Crippen LogP contribution < -0.4 is 0 Å². The van der Waals surface area contributed by atoms with Crippen LogP contribution in [-0.2, 0) is 17.8 Å². The lowest BCUT2D eigenvalue weighted by Gasteiger charge is -2.13. The molecule has 1 aromatic rings. The molecule has 1 aromatic heterocycles. The molecule has 4 heteroatoms. The summed E-state index contributed by atoms with van der Waals surface area (Å²) >= 11 is 5.61. The van der Waals surface area contributed by atoms with Crippen molar-refractivity contribution >= 4 is 11.6 Å². The lowest BCUT2D eigenvalue weighted by molar-refractivity contribution is 0.109. The number of halogens is 1. The number of hydrogen-bond donors (Lipinski definition) is 0. The molecule has 0 fully saturated rings. The van der Waals surface area contributed by atoms with E-state index in [0.717, 1.165) is 24.3 Å². The van der Waals surface area contributed by atoms with Crippen molar-refractivity contribution in [1.29, 1.82) is 0 Å². The molecule has 0 atom stereocenters. The Balaban J connectivity index is 2.43. The lowest BCUT2D eigenvalue weighted by Crippen LogP contribution is -2.12. The summed E-state index contributed by atoms with van der Waals surface area (Å²) in [5.41, 5.74) is 2.08. The first-order valence-corrected chi connectivity index (χ1v) is 3.82. The van der Waals surface area contributed by atoms with Crippen LogP contribution in [-0.4, -0.2) is 16.6 Å². The molecule has 2 rings (SSSR count). The van der Waals surface area contributed by atoms with Crippen LogP contribution in [0.1, 0.15) is 11.3 Å². The molecule has 3 nitrogen and oxygen atoms in total. The van der Waals surface area contributed by atoms with E-state index in [-0.39, 0.29) is 0 Å². The number of hydrogen-bond acceptors (Lipinski definition) is 3. The Morgan fingerprint density at radius 3 is 3.36 bits per heavy atom. The third-order valence-electron chi connectivity index (χ3n) is 1.67. The highest BCUT2D eigenvalue weighted by Gasteiger charge is 2.10. The van der Waals surface area contributed by atoms with Gasteiger partial charge in [0.05, 0.1) is 18.9 Å². The SMILES string of the molecule is Clc1ncc2c(n1)CCOC2. The van der Waals surface area contributed by atoms with E-state index >= 15 is 0 Å². The Morgan fingerprint density at radius 1 is 1.55 bits per heavy atom. The fourth-order valence-corrected chi connectivity index (χ4v) is 1.26. The predicted molar refractivity (Wildman–Crippen MR) is 40.4 cm³/mol. The quantitative estimate of drug-likeness (QED) is 0.549. The third kappa shape index (κ3) is 1.34. The maximum atomic E-state index is 5.61. The van der Waals surface area contributed by atoms with Gasteiger partial charge in [0.15, 0.2) is 0 Å². The van der Waals surface area contributed by atoms with Gasteiger partial charge in [0, 0.05) is 18.2 Å². The van der Waals surface area contributed by atoms with Gasteiger partial charge in [-0.3, -0.25) is 0 Å². The van der Waals surface area contributed by atoms with Gasteiger partial charge in [-0.1, -0.05) is 0 Å². The van der Waals surface area contributed by atoms with Crippen molar-refractivity contribution in [3.05, 3.63) is 22.7 Å². The number of nitrogens with zero attached hydrogens (tertiary/aromatic N) is 2. The first-order chi connectivity index (χ1) is 5.36. The summed E-state index contributed by atoms with van der Waals surface area (Å²) in [7, 11) is 0. The summed E-state index contributed by atoms with van der Waals surface area (Å²) < 4.78 is 5.21. The largest absolute Gasteiger partial charge is 0.376 e. The van der Waals surface area contributed by atoms with Gasteiger partial charge in [0.2, 0.25) is 5.28 Å². The molecule has 0 spiro atoms. The van der Waals surface area contributed by atoms with Crippen molar-refractivity contribution in [2.75, 3.05) is 6.61 Å². The van der Waals surface area contributed by atoms with Crippen molar-refractivity contribution < 1.29 is 4.74 Å². The molecule has 0 aromatic carbocycles. The van der Waals surface area contributed by atoms with E-state index in [0.29, 0.717) is 11.9 Å².